The monoisotopic (exact) mass is 344 g/mol. The molecular weight excluding hydrogens is 320 g/mol. The predicted octanol–water partition coefficient (Wildman–Crippen LogP) is 1.69. The lowest BCUT2D eigenvalue weighted by molar-refractivity contribution is 0.136. The molecule has 0 spiro atoms. The minimum atomic E-state index is 0.611. The van der Waals surface area contributed by atoms with Gasteiger partial charge >= 0.3 is 0 Å². The number of hydrogen-bond donors (Lipinski definition) is 1. The molecule has 0 radical (unpaired) electrons. The lowest BCUT2D eigenvalue weighted by atomic mass is 10.2. The van der Waals surface area contributed by atoms with Crippen molar-refractivity contribution in [3.8, 4) is 0 Å². The summed E-state index contributed by atoms with van der Waals surface area (Å²) >= 11 is 3.65. The number of aryl methyl sites for hydroxylation is 2. The first-order valence-corrected chi connectivity index (χ1v) is 8.03. The zero-order valence-electron chi connectivity index (χ0n) is 12.7. The van der Waals surface area contributed by atoms with Gasteiger partial charge in [-0.15, -0.1) is 0 Å². The van der Waals surface area contributed by atoms with Crippen molar-refractivity contribution >= 4 is 15.9 Å². The highest BCUT2D eigenvalue weighted by Crippen LogP contribution is 2.22. The van der Waals surface area contributed by atoms with Crippen LogP contribution in [-0.4, -0.2) is 54.1 Å². The van der Waals surface area contributed by atoms with Crippen LogP contribution in [0.25, 0.3) is 0 Å². The van der Waals surface area contributed by atoms with E-state index in [0.717, 1.165) is 43.0 Å². The maximum atomic E-state index is 5.24. The van der Waals surface area contributed by atoms with Gasteiger partial charge in [-0.1, -0.05) is 0 Å². The molecular formula is C14H25BrN4O. The molecule has 0 aliphatic carbocycles. The van der Waals surface area contributed by atoms with Gasteiger partial charge in [0.05, 0.1) is 22.5 Å². The van der Waals surface area contributed by atoms with Crippen molar-refractivity contribution in [2.24, 2.45) is 7.05 Å². The van der Waals surface area contributed by atoms with Crippen LogP contribution in [0.2, 0.25) is 0 Å². The topological polar surface area (TPSA) is 42.3 Å². The molecule has 1 saturated heterocycles. The first-order valence-electron chi connectivity index (χ1n) is 7.24. The van der Waals surface area contributed by atoms with Gasteiger partial charge in [-0.25, -0.2) is 0 Å². The lowest BCUT2D eigenvalue weighted by Gasteiger charge is -2.25. The number of methoxy groups -OCH3 is 1. The van der Waals surface area contributed by atoms with E-state index in [2.05, 4.69) is 31.2 Å². The zero-order valence-corrected chi connectivity index (χ0v) is 14.2. The SMILES string of the molecule is COCCN(Cc1c(Br)c(C)nn1C)CC1CCCN1. The van der Waals surface area contributed by atoms with E-state index < -0.39 is 0 Å². The molecule has 1 aliphatic heterocycles. The molecule has 1 atom stereocenters. The summed E-state index contributed by atoms with van der Waals surface area (Å²) in [5, 5.41) is 8.04. The van der Waals surface area contributed by atoms with Gasteiger partial charge < -0.3 is 10.1 Å². The third-order valence-electron chi connectivity index (χ3n) is 3.89. The Morgan fingerprint density at radius 2 is 2.35 bits per heavy atom. The smallest absolute Gasteiger partial charge is 0.0739 e. The average Bonchev–Trinajstić information content (AvgIpc) is 3.00. The minimum absolute atomic E-state index is 0.611. The Balaban J connectivity index is 2.01. The molecule has 1 aliphatic rings. The van der Waals surface area contributed by atoms with Crippen LogP contribution in [0.1, 0.15) is 24.2 Å². The van der Waals surface area contributed by atoms with Crippen LogP contribution in [-0.2, 0) is 18.3 Å². The third kappa shape index (κ3) is 4.04. The van der Waals surface area contributed by atoms with E-state index in [-0.39, 0.29) is 0 Å². The first kappa shape index (κ1) is 15.9. The van der Waals surface area contributed by atoms with Gasteiger partial charge in [-0.3, -0.25) is 9.58 Å². The van der Waals surface area contributed by atoms with Crippen molar-refractivity contribution in [1.82, 2.24) is 20.0 Å². The van der Waals surface area contributed by atoms with Gasteiger partial charge in [0.2, 0.25) is 0 Å². The summed E-state index contributed by atoms with van der Waals surface area (Å²) in [5.74, 6) is 0. The van der Waals surface area contributed by atoms with Crippen LogP contribution in [0.15, 0.2) is 4.47 Å². The Kier molecular flexibility index (Phi) is 6.01. The molecule has 1 unspecified atom stereocenters. The van der Waals surface area contributed by atoms with Crippen molar-refractivity contribution < 1.29 is 4.74 Å². The molecule has 2 heterocycles. The highest BCUT2D eigenvalue weighted by molar-refractivity contribution is 9.10. The summed E-state index contributed by atoms with van der Waals surface area (Å²) in [4.78, 5) is 2.45. The Morgan fingerprint density at radius 1 is 1.55 bits per heavy atom. The molecule has 1 aromatic heterocycles. The second-order valence-electron chi connectivity index (χ2n) is 5.49. The maximum absolute atomic E-state index is 5.24. The molecule has 5 nitrogen and oxygen atoms in total. The van der Waals surface area contributed by atoms with Crippen LogP contribution in [0.5, 0.6) is 0 Å². The van der Waals surface area contributed by atoms with Gasteiger partial charge in [0.1, 0.15) is 0 Å². The summed E-state index contributed by atoms with van der Waals surface area (Å²) in [6, 6.07) is 0.611. The van der Waals surface area contributed by atoms with E-state index in [4.69, 9.17) is 4.74 Å². The number of rotatable bonds is 7. The lowest BCUT2D eigenvalue weighted by Crippen LogP contribution is -2.39. The predicted molar refractivity (Wildman–Crippen MR) is 83.8 cm³/mol. The van der Waals surface area contributed by atoms with Crippen LogP contribution in [0.3, 0.4) is 0 Å². The number of nitrogens with one attached hydrogen (secondary N) is 1. The van der Waals surface area contributed by atoms with E-state index in [1.165, 1.54) is 18.5 Å². The largest absolute Gasteiger partial charge is 0.383 e. The van der Waals surface area contributed by atoms with Crippen molar-refractivity contribution in [2.75, 3.05) is 33.4 Å². The molecule has 20 heavy (non-hydrogen) atoms. The van der Waals surface area contributed by atoms with Crippen molar-refractivity contribution in [2.45, 2.75) is 32.4 Å². The number of nitrogens with zero attached hydrogens (tertiary/aromatic N) is 3. The molecule has 1 aromatic rings. The number of ether oxygens (including phenoxy) is 1. The van der Waals surface area contributed by atoms with E-state index in [1.807, 2.05) is 18.7 Å². The van der Waals surface area contributed by atoms with Crippen LogP contribution >= 0.6 is 15.9 Å². The molecule has 1 N–H and O–H groups in total. The highest BCUT2D eigenvalue weighted by atomic mass is 79.9. The summed E-state index contributed by atoms with van der Waals surface area (Å²) in [6.07, 6.45) is 2.56. The van der Waals surface area contributed by atoms with Crippen LogP contribution in [0, 0.1) is 6.92 Å². The molecule has 6 heteroatoms. The molecule has 114 valence electrons. The number of aromatic nitrogens is 2. The van der Waals surface area contributed by atoms with Gasteiger partial charge in [-0.2, -0.15) is 5.10 Å². The fourth-order valence-electron chi connectivity index (χ4n) is 2.74. The first-order chi connectivity index (χ1) is 9.61. The fourth-order valence-corrected chi connectivity index (χ4v) is 3.20. The summed E-state index contributed by atoms with van der Waals surface area (Å²) in [7, 11) is 3.77. The average molecular weight is 345 g/mol. The van der Waals surface area contributed by atoms with Gasteiger partial charge in [0.15, 0.2) is 0 Å². The quantitative estimate of drug-likeness (QED) is 0.817. The summed E-state index contributed by atoms with van der Waals surface area (Å²) < 4.78 is 8.34. The molecule has 2 rings (SSSR count). The molecule has 0 bridgehead atoms. The van der Waals surface area contributed by atoms with Crippen molar-refractivity contribution in [3.63, 3.8) is 0 Å². The number of hydrogen-bond acceptors (Lipinski definition) is 4. The fraction of sp³-hybridized carbons (Fsp3) is 0.786. The molecule has 0 amide bonds. The Hall–Kier alpha value is -0.430. The minimum Gasteiger partial charge on any atom is -0.383 e. The Bertz CT molecular complexity index is 429. The highest BCUT2D eigenvalue weighted by Gasteiger charge is 2.20. The van der Waals surface area contributed by atoms with Crippen molar-refractivity contribution in [3.05, 3.63) is 15.9 Å². The Morgan fingerprint density at radius 3 is 2.90 bits per heavy atom. The zero-order chi connectivity index (χ0) is 14.5. The molecule has 0 saturated carbocycles. The van der Waals surface area contributed by atoms with E-state index in [0.29, 0.717) is 6.04 Å². The maximum Gasteiger partial charge on any atom is 0.0739 e. The normalized spacial score (nSPS) is 19.1. The summed E-state index contributed by atoms with van der Waals surface area (Å²) in [5.41, 5.74) is 2.28. The van der Waals surface area contributed by atoms with E-state index in [9.17, 15) is 0 Å². The third-order valence-corrected chi connectivity index (χ3v) is 4.92. The standard InChI is InChI=1S/C14H25BrN4O/c1-11-14(15)13(18(2)17-11)10-19(7-8-20-3)9-12-5-4-6-16-12/h12,16H,4-10H2,1-3H3. The van der Waals surface area contributed by atoms with Crippen molar-refractivity contribution in [1.29, 1.82) is 0 Å². The Labute approximate surface area is 129 Å². The molecule has 1 fully saturated rings. The second-order valence-corrected chi connectivity index (χ2v) is 6.28. The van der Waals surface area contributed by atoms with Gasteiger partial charge in [-0.05, 0) is 42.2 Å². The van der Waals surface area contributed by atoms with E-state index in [1.54, 1.807) is 7.11 Å². The second kappa shape index (κ2) is 7.54. The molecule has 0 aromatic carbocycles. The number of halogens is 1. The summed E-state index contributed by atoms with van der Waals surface area (Å²) in [6.45, 7) is 6.87. The van der Waals surface area contributed by atoms with Crippen LogP contribution in [0.4, 0.5) is 0 Å². The van der Waals surface area contributed by atoms with E-state index >= 15 is 0 Å². The van der Waals surface area contributed by atoms with Gasteiger partial charge in [0, 0.05) is 39.8 Å². The van der Waals surface area contributed by atoms with Gasteiger partial charge in [0.25, 0.3) is 0 Å². The van der Waals surface area contributed by atoms with Crippen LogP contribution < -0.4 is 5.32 Å².